The number of ether oxygens (including phenoxy) is 1. The summed E-state index contributed by atoms with van der Waals surface area (Å²) in [6, 6.07) is 11.7. The highest BCUT2D eigenvalue weighted by Gasteiger charge is 2.13. The largest absolute Gasteiger partial charge is 0.492 e. The number of nitriles is 1. The predicted octanol–water partition coefficient (Wildman–Crippen LogP) is 4.10. The van der Waals surface area contributed by atoms with E-state index < -0.39 is 5.97 Å². The Kier molecular flexibility index (Phi) is 4.40. The molecule has 0 unspecified atom stereocenters. The summed E-state index contributed by atoms with van der Waals surface area (Å²) in [5.41, 5.74) is 2.10. The van der Waals surface area contributed by atoms with E-state index in [4.69, 9.17) is 14.3 Å². The average molecular weight is 336 g/mol. The van der Waals surface area contributed by atoms with E-state index in [2.05, 4.69) is 11.1 Å². The Labute approximate surface area is 144 Å². The average Bonchev–Trinajstić information content (AvgIpc) is 3.02. The molecule has 0 saturated heterocycles. The fourth-order valence-corrected chi connectivity index (χ4v) is 2.32. The van der Waals surface area contributed by atoms with Crippen LogP contribution in [-0.2, 0) is 0 Å². The number of hydrogen-bond acceptors (Lipinski definition) is 5. The van der Waals surface area contributed by atoms with Crippen LogP contribution < -0.4 is 4.74 Å². The Morgan fingerprint density at radius 2 is 2.12 bits per heavy atom. The van der Waals surface area contributed by atoms with Crippen LogP contribution in [0.4, 0.5) is 0 Å². The Morgan fingerprint density at radius 1 is 1.32 bits per heavy atom. The number of nitrogens with zero attached hydrogens (tertiary/aromatic N) is 2. The molecule has 0 bridgehead atoms. The minimum absolute atomic E-state index is 0.141. The van der Waals surface area contributed by atoms with Crippen molar-refractivity contribution in [2.45, 2.75) is 13.8 Å². The minimum Gasteiger partial charge on any atom is -0.492 e. The number of benzene rings is 2. The van der Waals surface area contributed by atoms with Crippen molar-refractivity contribution < 1.29 is 19.1 Å². The van der Waals surface area contributed by atoms with Gasteiger partial charge in [0.2, 0.25) is 5.89 Å². The summed E-state index contributed by atoms with van der Waals surface area (Å²) in [5, 5.41) is 18.4. The molecule has 0 aliphatic heterocycles. The predicted molar refractivity (Wildman–Crippen MR) is 91.5 cm³/mol. The maximum atomic E-state index is 11.0. The van der Waals surface area contributed by atoms with Crippen LogP contribution in [0, 0.1) is 17.2 Å². The van der Waals surface area contributed by atoms with Crippen molar-refractivity contribution in [2.24, 2.45) is 5.92 Å². The monoisotopic (exact) mass is 336 g/mol. The van der Waals surface area contributed by atoms with Crippen molar-refractivity contribution in [2.75, 3.05) is 6.61 Å². The molecule has 0 amide bonds. The van der Waals surface area contributed by atoms with Gasteiger partial charge in [-0.05, 0) is 42.3 Å². The van der Waals surface area contributed by atoms with Gasteiger partial charge < -0.3 is 14.3 Å². The third-order valence-electron chi connectivity index (χ3n) is 3.55. The highest BCUT2D eigenvalue weighted by molar-refractivity contribution is 5.92. The van der Waals surface area contributed by atoms with Gasteiger partial charge in [-0.25, -0.2) is 9.78 Å². The first-order valence-electron chi connectivity index (χ1n) is 7.79. The van der Waals surface area contributed by atoms with Gasteiger partial charge in [-0.1, -0.05) is 13.8 Å². The van der Waals surface area contributed by atoms with Crippen molar-refractivity contribution in [1.82, 2.24) is 4.98 Å². The molecule has 3 aromatic rings. The molecule has 6 nitrogen and oxygen atoms in total. The van der Waals surface area contributed by atoms with Crippen LogP contribution >= 0.6 is 0 Å². The zero-order valence-corrected chi connectivity index (χ0v) is 13.8. The SMILES string of the molecule is CC(C)COc1ccc(-c2nc3cc(C(=O)O)ccc3o2)cc1C#N. The molecule has 25 heavy (non-hydrogen) atoms. The molecule has 0 fully saturated rings. The van der Waals surface area contributed by atoms with Gasteiger partial charge in [-0.15, -0.1) is 0 Å². The number of carboxylic acids is 1. The van der Waals surface area contributed by atoms with E-state index in [1.807, 2.05) is 13.8 Å². The zero-order chi connectivity index (χ0) is 18.0. The fourth-order valence-electron chi connectivity index (χ4n) is 2.32. The zero-order valence-electron chi connectivity index (χ0n) is 13.8. The molecular weight excluding hydrogens is 320 g/mol. The van der Waals surface area contributed by atoms with Crippen LogP contribution in [0.15, 0.2) is 40.8 Å². The number of aromatic carboxylic acids is 1. The van der Waals surface area contributed by atoms with Gasteiger partial charge in [0.1, 0.15) is 17.3 Å². The summed E-state index contributed by atoms with van der Waals surface area (Å²) >= 11 is 0. The van der Waals surface area contributed by atoms with Gasteiger partial charge in [-0.3, -0.25) is 0 Å². The van der Waals surface area contributed by atoms with E-state index in [1.54, 1.807) is 24.3 Å². The summed E-state index contributed by atoms with van der Waals surface area (Å²) in [6.07, 6.45) is 0. The minimum atomic E-state index is -1.02. The summed E-state index contributed by atoms with van der Waals surface area (Å²) in [5.74, 6) is 0.172. The maximum Gasteiger partial charge on any atom is 0.335 e. The van der Waals surface area contributed by atoms with Gasteiger partial charge >= 0.3 is 5.97 Å². The van der Waals surface area contributed by atoms with Crippen molar-refractivity contribution in [3.8, 4) is 23.3 Å². The second-order valence-corrected chi connectivity index (χ2v) is 6.03. The lowest BCUT2D eigenvalue weighted by atomic mass is 10.1. The molecule has 1 N–H and O–H groups in total. The van der Waals surface area contributed by atoms with Crippen LogP contribution in [-0.4, -0.2) is 22.7 Å². The second kappa shape index (κ2) is 6.65. The molecule has 6 heteroatoms. The number of rotatable bonds is 5. The Hall–Kier alpha value is -3.33. The molecule has 1 aromatic heterocycles. The molecule has 0 radical (unpaired) electrons. The number of oxazole rings is 1. The molecule has 0 atom stereocenters. The first-order valence-corrected chi connectivity index (χ1v) is 7.79. The fraction of sp³-hybridized carbons (Fsp3) is 0.211. The van der Waals surface area contributed by atoms with E-state index in [1.165, 1.54) is 12.1 Å². The highest BCUT2D eigenvalue weighted by atomic mass is 16.5. The van der Waals surface area contributed by atoms with Gasteiger partial charge in [0, 0.05) is 5.56 Å². The Morgan fingerprint density at radius 3 is 2.80 bits per heavy atom. The van der Waals surface area contributed by atoms with Crippen LogP contribution in [0.3, 0.4) is 0 Å². The van der Waals surface area contributed by atoms with E-state index in [-0.39, 0.29) is 5.56 Å². The van der Waals surface area contributed by atoms with E-state index in [0.717, 1.165) is 0 Å². The third kappa shape index (κ3) is 3.45. The molecule has 126 valence electrons. The standard InChI is InChI=1S/C19H16N2O4/c1-11(2)10-24-16-5-3-12(7-14(16)9-20)18-21-15-8-13(19(22)23)4-6-17(15)25-18/h3-8,11H,10H2,1-2H3,(H,22,23). The van der Waals surface area contributed by atoms with Crippen molar-refractivity contribution in [3.63, 3.8) is 0 Å². The molecule has 3 rings (SSSR count). The quantitative estimate of drug-likeness (QED) is 0.753. The molecule has 2 aromatic carbocycles. The summed E-state index contributed by atoms with van der Waals surface area (Å²) in [4.78, 5) is 15.4. The summed E-state index contributed by atoms with van der Waals surface area (Å²) in [6.45, 7) is 4.59. The first-order chi connectivity index (χ1) is 12.0. The number of carboxylic acid groups (broad SMARTS) is 1. The van der Waals surface area contributed by atoms with E-state index >= 15 is 0 Å². The highest BCUT2D eigenvalue weighted by Crippen LogP contribution is 2.29. The lowest BCUT2D eigenvalue weighted by molar-refractivity contribution is 0.0697. The molecule has 0 aliphatic carbocycles. The molecule has 1 heterocycles. The molecular formula is C19H16N2O4. The van der Waals surface area contributed by atoms with Gasteiger partial charge in [0.15, 0.2) is 5.58 Å². The van der Waals surface area contributed by atoms with Gasteiger partial charge in [0.25, 0.3) is 0 Å². The topological polar surface area (TPSA) is 96.3 Å². The molecule has 0 aliphatic rings. The van der Waals surface area contributed by atoms with Crippen molar-refractivity contribution >= 4 is 17.1 Å². The van der Waals surface area contributed by atoms with E-state index in [9.17, 15) is 10.1 Å². The Bertz CT molecular complexity index is 983. The van der Waals surface area contributed by atoms with E-state index in [0.29, 0.717) is 46.4 Å². The first kappa shape index (κ1) is 16.5. The Balaban J connectivity index is 1.97. The summed E-state index contributed by atoms with van der Waals surface area (Å²) < 4.78 is 11.3. The van der Waals surface area contributed by atoms with Crippen LogP contribution in [0.1, 0.15) is 29.8 Å². The number of aromatic nitrogens is 1. The van der Waals surface area contributed by atoms with Crippen LogP contribution in [0.5, 0.6) is 5.75 Å². The van der Waals surface area contributed by atoms with Gasteiger partial charge in [-0.2, -0.15) is 5.26 Å². The smallest absolute Gasteiger partial charge is 0.335 e. The number of hydrogen-bond donors (Lipinski definition) is 1. The second-order valence-electron chi connectivity index (χ2n) is 6.03. The van der Waals surface area contributed by atoms with Crippen molar-refractivity contribution in [3.05, 3.63) is 47.5 Å². The van der Waals surface area contributed by atoms with Gasteiger partial charge in [0.05, 0.1) is 17.7 Å². The summed E-state index contributed by atoms with van der Waals surface area (Å²) in [7, 11) is 0. The van der Waals surface area contributed by atoms with Crippen LogP contribution in [0.2, 0.25) is 0 Å². The lowest BCUT2D eigenvalue weighted by Crippen LogP contribution is -2.05. The number of carbonyl (C=O) groups is 1. The lowest BCUT2D eigenvalue weighted by Gasteiger charge is -2.10. The van der Waals surface area contributed by atoms with Crippen LogP contribution in [0.25, 0.3) is 22.6 Å². The third-order valence-corrected chi connectivity index (χ3v) is 3.55. The van der Waals surface area contributed by atoms with Crippen molar-refractivity contribution in [1.29, 1.82) is 5.26 Å². The number of fused-ring (bicyclic) bond motifs is 1. The maximum absolute atomic E-state index is 11.0. The normalized spacial score (nSPS) is 10.8. The molecule has 0 spiro atoms. The molecule has 0 saturated carbocycles.